The van der Waals surface area contributed by atoms with Gasteiger partial charge in [-0.05, 0) is 12.8 Å². The molecule has 0 aromatic carbocycles. The Morgan fingerprint density at radius 1 is 1.33 bits per heavy atom. The van der Waals surface area contributed by atoms with Gasteiger partial charge in [0.2, 0.25) is 5.91 Å². The SMILES string of the molecule is CC(C)CC(=O)N[C@@H](C)C(=O)O. The molecule has 0 aliphatic carbocycles. The second-order valence-electron chi connectivity index (χ2n) is 3.23. The predicted molar refractivity (Wildman–Crippen MR) is 44.7 cm³/mol. The van der Waals surface area contributed by atoms with Crippen LogP contribution in [-0.2, 0) is 9.59 Å². The van der Waals surface area contributed by atoms with Gasteiger partial charge in [-0.25, -0.2) is 0 Å². The Hall–Kier alpha value is -1.06. The van der Waals surface area contributed by atoms with E-state index >= 15 is 0 Å². The van der Waals surface area contributed by atoms with Gasteiger partial charge in [0, 0.05) is 6.42 Å². The first-order valence-electron chi connectivity index (χ1n) is 3.95. The van der Waals surface area contributed by atoms with Crippen LogP contribution in [0.5, 0.6) is 0 Å². The topological polar surface area (TPSA) is 66.4 Å². The second kappa shape index (κ2) is 4.74. The molecule has 0 saturated carbocycles. The Kier molecular flexibility index (Phi) is 4.33. The smallest absolute Gasteiger partial charge is 0.325 e. The lowest BCUT2D eigenvalue weighted by atomic mass is 10.1. The quantitative estimate of drug-likeness (QED) is 0.655. The summed E-state index contributed by atoms with van der Waals surface area (Å²) in [7, 11) is 0. The minimum Gasteiger partial charge on any atom is -0.480 e. The van der Waals surface area contributed by atoms with Crippen LogP contribution in [-0.4, -0.2) is 23.0 Å². The summed E-state index contributed by atoms with van der Waals surface area (Å²) in [6, 6.07) is -0.795. The molecule has 0 saturated heterocycles. The minimum absolute atomic E-state index is 0.208. The Bertz CT molecular complexity index is 177. The maximum Gasteiger partial charge on any atom is 0.325 e. The molecule has 1 atom stereocenters. The molecule has 4 heteroatoms. The molecule has 0 spiro atoms. The zero-order valence-electron chi connectivity index (χ0n) is 7.63. The summed E-state index contributed by atoms with van der Waals surface area (Å²) >= 11 is 0. The maximum atomic E-state index is 11.0. The maximum absolute atomic E-state index is 11.0. The number of hydrogen-bond acceptors (Lipinski definition) is 2. The second-order valence-corrected chi connectivity index (χ2v) is 3.23. The van der Waals surface area contributed by atoms with Crippen molar-refractivity contribution < 1.29 is 14.7 Å². The van der Waals surface area contributed by atoms with Crippen LogP contribution in [0.4, 0.5) is 0 Å². The number of aliphatic carboxylic acids is 1. The van der Waals surface area contributed by atoms with Crippen LogP contribution >= 0.6 is 0 Å². The fourth-order valence-electron chi connectivity index (χ4n) is 0.733. The first-order chi connectivity index (χ1) is 5.43. The van der Waals surface area contributed by atoms with Gasteiger partial charge >= 0.3 is 5.97 Å². The van der Waals surface area contributed by atoms with E-state index in [-0.39, 0.29) is 11.8 Å². The molecule has 0 rings (SSSR count). The summed E-state index contributed by atoms with van der Waals surface area (Å²) in [5.41, 5.74) is 0. The third-order valence-electron chi connectivity index (χ3n) is 1.34. The van der Waals surface area contributed by atoms with Gasteiger partial charge in [-0.15, -0.1) is 0 Å². The third-order valence-corrected chi connectivity index (χ3v) is 1.34. The Morgan fingerprint density at radius 2 is 1.83 bits per heavy atom. The van der Waals surface area contributed by atoms with Crippen LogP contribution < -0.4 is 5.32 Å². The molecule has 4 nitrogen and oxygen atoms in total. The van der Waals surface area contributed by atoms with Gasteiger partial charge in [0.25, 0.3) is 0 Å². The standard InChI is InChI=1S/C8H15NO3/c1-5(2)4-7(10)9-6(3)8(11)12/h5-6H,4H2,1-3H3,(H,9,10)(H,11,12)/t6-/m0/s1. The molecule has 0 aliphatic rings. The molecule has 1 amide bonds. The van der Waals surface area contributed by atoms with E-state index < -0.39 is 12.0 Å². The van der Waals surface area contributed by atoms with Crippen LogP contribution in [0.1, 0.15) is 27.2 Å². The molecule has 0 aromatic rings. The van der Waals surface area contributed by atoms with Crippen LogP contribution in [0.2, 0.25) is 0 Å². The number of carboxylic acid groups (broad SMARTS) is 1. The van der Waals surface area contributed by atoms with E-state index in [2.05, 4.69) is 5.32 Å². The van der Waals surface area contributed by atoms with Gasteiger partial charge in [-0.3, -0.25) is 9.59 Å². The number of hydrogen-bond donors (Lipinski definition) is 2. The van der Waals surface area contributed by atoms with E-state index in [1.807, 2.05) is 13.8 Å². The minimum atomic E-state index is -1.01. The molecular weight excluding hydrogens is 158 g/mol. The lowest BCUT2D eigenvalue weighted by Gasteiger charge is -2.10. The lowest BCUT2D eigenvalue weighted by molar-refractivity contribution is -0.141. The van der Waals surface area contributed by atoms with Crippen molar-refractivity contribution in [3.63, 3.8) is 0 Å². The Labute approximate surface area is 72.0 Å². The zero-order valence-corrected chi connectivity index (χ0v) is 7.63. The van der Waals surface area contributed by atoms with Crippen LogP contribution in [0.25, 0.3) is 0 Å². The summed E-state index contributed by atoms with van der Waals surface area (Å²) in [4.78, 5) is 21.3. The van der Waals surface area contributed by atoms with Gasteiger partial charge in [0.05, 0.1) is 0 Å². The molecule has 0 fully saturated rings. The van der Waals surface area contributed by atoms with Crippen LogP contribution in [0.3, 0.4) is 0 Å². The first-order valence-corrected chi connectivity index (χ1v) is 3.95. The van der Waals surface area contributed by atoms with Crippen molar-refractivity contribution in [2.24, 2.45) is 5.92 Å². The molecule has 0 unspecified atom stereocenters. The van der Waals surface area contributed by atoms with Gasteiger partial charge in [0.15, 0.2) is 0 Å². The van der Waals surface area contributed by atoms with Crippen molar-refractivity contribution >= 4 is 11.9 Å². The fraction of sp³-hybridized carbons (Fsp3) is 0.750. The molecule has 70 valence electrons. The van der Waals surface area contributed by atoms with E-state index in [1.165, 1.54) is 6.92 Å². The van der Waals surface area contributed by atoms with Crippen LogP contribution in [0, 0.1) is 5.92 Å². The average Bonchev–Trinajstić information content (AvgIpc) is 1.84. The lowest BCUT2D eigenvalue weighted by Crippen LogP contribution is -2.38. The Balaban J connectivity index is 3.77. The largest absolute Gasteiger partial charge is 0.480 e. The summed E-state index contributed by atoms with van der Waals surface area (Å²) in [6.45, 7) is 5.26. The molecule has 0 aromatic heterocycles. The van der Waals surface area contributed by atoms with Gasteiger partial charge in [-0.1, -0.05) is 13.8 Å². The normalized spacial score (nSPS) is 12.7. The molecule has 12 heavy (non-hydrogen) atoms. The van der Waals surface area contributed by atoms with Crippen molar-refractivity contribution in [2.75, 3.05) is 0 Å². The summed E-state index contributed by atoms with van der Waals surface area (Å²) < 4.78 is 0. The van der Waals surface area contributed by atoms with Gasteiger partial charge < -0.3 is 10.4 Å². The van der Waals surface area contributed by atoms with E-state index in [0.29, 0.717) is 6.42 Å². The summed E-state index contributed by atoms with van der Waals surface area (Å²) in [5, 5.41) is 10.8. The zero-order chi connectivity index (χ0) is 9.72. The number of carbonyl (C=O) groups is 2. The van der Waals surface area contributed by atoms with Crippen molar-refractivity contribution in [1.82, 2.24) is 5.32 Å². The molecule has 2 N–H and O–H groups in total. The average molecular weight is 173 g/mol. The number of nitrogens with one attached hydrogen (secondary N) is 1. The van der Waals surface area contributed by atoms with Crippen molar-refractivity contribution in [2.45, 2.75) is 33.2 Å². The third kappa shape index (κ3) is 4.71. The van der Waals surface area contributed by atoms with Crippen LogP contribution in [0.15, 0.2) is 0 Å². The van der Waals surface area contributed by atoms with E-state index in [9.17, 15) is 9.59 Å². The van der Waals surface area contributed by atoms with E-state index in [4.69, 9.17) is 5.11 Å². The van der Waals surface area contributed by atoms with Gasteiger partial charge in [-0.2, -0.15) is 0 Å². The highest BCUT2D eigenvalue weighted by molar-refractivity contribution is 5.83. The highest BCUT2D eigenvalue weighted by Gasteiger charge is 2.13. The summed E-state index contributed by atoms with van der Waals surface area (Å²) in [5.74, 6) is -0.960. The van der Waals surface area contributed by atoms with Crippen molar-refractivity contribution in [3.05, 3.63) is 0 Å². The first kappa shape index (κ1) is 10.9. The fourth-order valence-corrected chi connectivity index (χ4v) is 0.733. The summed E-state index contributed by atoms with van der Waals surface area (Å²) in [6.07, 6.45) is 0.373. The molecule has 0 aliphatic heterocycles. The number of carbonyl (C=O) groups excluding carboxylic acids is 1. The molecule has 0 radical (unpaired) electrons. The van der Waals surface area contributed by atoms with Crippen molar-refractivity contribution in [1.29, 1.82) is 0 Å². The van der Waals surface area contributed by atoms with E-state index in [1.54, 1.807) is 0 Å². The number of rotatable bonds is 4. The highest BCUT2D eigenvalue weighted by atomic mass is 16.4. The number of amides is 1. The van der Waals surface area contributed by atoms with Crippen molar-refractivity contribution in [3.8, 4) is 0 Å². The van der Waals surface area contributed by atoms with E-state index in [0.717, 1.165) is 0 Å². The number of carboxylic acids is 1. The Morgan fingerprint density at radius 3 is 2.17 bits per heavy atom. The molecule has 0 bridgehead atoms. The molecule has 0 heterocycles. The monoisotopic (exact) mass is 173 g/mol. The highest BCUT2D eigenvalue weighted by Crippen LogP contribution is 1.98. The predicted octanol–water partition coefficient (Wildman–Crippen LogP) is 0.622. The van der Waals surface area contributed by atoms with Gasteiger partial charge in [0.1, 0.15) is 6.04 Å². The molecular formula is C8H15NO3.